The van der Waals surface area contributed by atoms with Gasteiger partial charge in [-0.3, -0.25) is 9.78 Å². The third-order valence-corrected chi connectivity index (χ3v) is 3.12. The number of pyridine rings is 2. The molecule has 4 heteroatoms. The summed E-state index contributed by atoms with van der Waals surface area (Å²) in [5.41, 5.74) is 9.09. The van der Waals surface area contributed by atoms with E-state index in [0.717, 1.165) is 17.0 Å². The van der Waals surface area contributed by atoms with Gasteiger partial charge in [-0.05, 0) is 31.5 Å². The Morgan fingerprint density at radius 3 is 2.72 bits per heavy atom. The molecule has 18 heavy (non-hydrogen) atoms. The van der Waals surface area contributed by atoms with E-state index in [1.165, 1.54) is 0 Å². The van der Waals surface area contributed by atoms with Gasteiger partial charge in [-0.15, -0.1) is 0 Å². The second-order valence-corrected chi connectivity index (χ2v) is 4.36. The average molecular weight is 243 g/mol. The molecular weight excluding hydrogens is 226 g/mol. The van der Waals surface area contributed by atoms with Gasteiger partial charge >= 0.3 is 0 Å². The van der Waals surface area contributed by atoms with Crippen molar-refractivity contribution in [1.29, 1.82) is 0 Å². The van der Waals surface area contributed by atoms with Crippen LogP contribution in [0.3, 0.4) is 0 Å². The van der Waals surface area contributed by atoms with E-state index < -0.39 is 0 Å². The predicted molar refractivity (Wildman–Crippen MR) is 71.4 cm³/mol. The van der Waals surface area contributed by atoms with Gasteiger partial charge < -0.3 is 10.3 Å². The van der Waals surface area contributed by atoms with Crippen molar-refractivity contribution < 1.29 is 0 Å². The zero-order valence-corrected chi connectivity index (χ0v) is 10.7. The molecular formula is C14H17N3O. The van der Waals surface area contributed by atoms with E-state index in [0.29, 0.717) is 12.1 Å². The molecule has 4 nitrogen and oxygen atoms in total. The quantitative estimate of drug-likeness (QED) is 0.885. The molecule has 2 heterocycles. The Kier molecular flexibility index (Phi) is 3.58. The van der Waals surface area contributed by atoms with Gasteiger partial charge in [0.05, 0.1) is 12.2 Å². The number of rotatable bonds is 3. The highest BCUT2D eigenvalue weighted by molar-refractivity contribution is 5.21. The van der Waals surface area contributed by atoms with E-state index in [4.69, 9.17) is 5.73 Å². The molecule has 0 saturated carbocycles. The first-order valence-corrected chi connectivity index (χ1v) is 5.93. The second-order valence-electron chi connectivity index (χ2n) is 4.36. The molecule has 94 valence electrons. The van der Waals surface area contributed by atoms with Crippen LogP contribution in [0.2, 0.25) is 0 Å². The topological polar surface area (TPSA) is 60.9 Å². The van der Waals surface area contributed by atoms with Gasteiger partial charge in [0, 0.05) is 24.0 Å². The molecule has 2 aromatic rings. The van der Waals surface area contributed by atoms with Crippen LogP contribution < -0.4 is 11.3 Å². The zero-order chi connectivity index (χ0) is 13.1. The Labute approximate surface area is 106 Å². The molecule has 0 aromatic carbocycles. The maximum absolute atomic E-state index is 12.2. The maximum atomic E-state index is 12.2. The summed E-state index contributed by atoms with van der Waals surface area (Å²) in [6.07, 6.45) is 1.75. The summed E-state index contributed by atoms with van der Waals surface area (Å²) in [6, 6.07) is 7.60. The van der Waals surface area contributed by atoms with Crippen molar-refractivity contribution in [3.63, 3.8) is 0 Å². The van der Waals surface area contributed by atoms with Crippen molar-refractivity contribution >= 4 is 0 Å². The van der Waals surface area contributed by atoms with Crippen LogP contribution in [0, 0.1) is 13.8 Å². The molecule has 0 amide bonds. The van der Waals surface area contributed by atoms with E-state index in [9.17, 15) is 4.79 Å². The molecule has 0 spiro atoms. The standard InChI is InChI=1S/C14H17N3O/c1-10-4-3-7-16-13(10)9-17-11(2)5-6-12(8-15)14(17)18/h3-7H,8-9,15H2,1-2H3. The van der Waals surface area contributed by atoms with Crippen LogP contribution in [0.25, 0.3) is 0 Å². The fraction of sp³-hybridized carbons (Fsp3) is 0.286. The van der Waals surface area contributed by atoms with Crippen molar-refractivity contribution in [2.75, 3.05) is 0 Å². The van der Waals surface area contributed by atoms with E-state index in [2.05, 4.69) is 4.98 Å². The summed E-state index contributed by atoms with van der Waals surface area (Å²) in [6.45, 7) is 4.67. The first-order chi connectivity index (χ1) is 8.63. The summed E-state index contributed by atoms with van der Waals surface area (Å²) in [7, 11) is 0. The first-order valence-electron chi connectivity index (χ1n) is 5.93. The van der Waals surface area contributed by atoms with Crippen LogP contribution >= 0.6 is 0 Å². The van der Waals surface area contributed by atoms with Crippen molar-refractivity contribution in [1.82, 2.24) is 9.55 Å². The number of hydrogen-bond donors (Lipinski definition) is 1. The third kappa shape index (κ3) is 2.33. The minimum Gasteiger partial charge on any atom is -0.326 e. The van der Waals surface area contributed by atoms with Crippen LogP contribution in [-0.2, 0) is 13.1 Å². The molecule has 2 rings (SSSR count). The SMILES string of the molecule is Cc1cccnc1Cn1c(C)ccc(CN)c1=O. The Balaban J connectivity index is 2.47. The van der Waals surface area contributed by atoms with Crippen molar-refractivity contribution in [3.05, 3.63) is 63.3 Å². The highest BCUT2D eigenvalue weighted by Crippen LogP contribution is 2.07. The molecule has 0 saturated heterocycles. The minimum atomic E-state index is -0.0254. The molecule has 2 N–H and O–H groups in total. The van der Waals surface area contributed by atoms with Gasteiger partial charge in [0.1, 0.15) is 0 Å². The van der Waals surface area contributed by atoms with Gasteiger partial charge in [0.2, 0.25) is 0 Å². The number of aryl methyl sites for hydroxylation is 2. The summed E-state index contributed by atoms with van der Waals surface area (Å²) < 4.78 is 1.72. The monoisotopic (exact) mass is 243 g/mol. The fourth-order valence-electron chi connectivity index (χ4n) is 1.90. The number of nitrogens with two attached hydrogens (primary N) is 1. The van der Waals surface area contributed by atoms with Gasteiger partial charge in [0.15, 0.2) is 0 Å². The summed E-state index contributed by atoms with van der Waals surface area (Å²) >= 11 is 0. The first kappa shape index (κ1) is 12.5. The number of hydrogen-bond acceptors (Lipinski definition) is 3. The molecule has 0 aliphatic carbocycles. The highest BCUT2D eigenvalue weighted by atomic mass is 16.1. The van der Waals surface area contributed by atoms with Crippen LogP contribution in [0.5, 0.6) is 0 Å². The van der Waals surface area contributed by atoms with Gasteiger partial charge in [0.25, 0.3) is 5.56 Å². The second kappa shape index (κ2) is 5.14. The molecule has 0 fully saturated rings. The minimum absolute atomic E-state index is 0.0254. The van der Waals surface area contributed by atoms with Crippen molar-refractivity contribution in [2.45, 2.75) is 26.9 Å². The van der Waals surface area contributed by atoms with E-state index >= 15 is 0 Å². The van der Waals surface area contributed by atoms with E-state index in [1.807, 2.05) is 32.0 Å². The number of nitrogens with zero attached hydrogens (tertiary/aromatic N) is 2. The van der Waals surface area contributed by atoms with Crippen LogP contribution in [0.15, 0.2) is 35.3 Å². The number of aromatic nitrogens is 2. The van der Waals surface area contributed by atoms with Crippen LogP contribution in [0.1, 0.15) is 22.5 Å². The Hall–Kier alpha value is -1.94. The molecule has 0 aliphatic heterocycles. The molecule has 0 radical (unpaired) electrons. The summed E-state index contributed by atoms with van der Waals surface area (Å²) in [4.78, 5) is 16.5. The lowest BCUT2D eigenvalue weighted by Crippen LogP contribution is -2.27. The largest absolute Gasteiger partial charge is 0.326 e. The lowest BCUT2D eigenvalue weighted by Gasteiger charge is -2.12. The molecule has 0 aliphatic rings. The van der Waals surface area contributed by atoms with Crippen molar-refractivity contribution in [3.8, 4) is 0 Å². The third-order valence-electron chi connectivity index (χ3n) is 3.12. The highest BCUT2D eigenvalue weighted by Gasteiger charge is 2.07. The fourth-order valence-corrected chi connectivity index (χ4v) is 1.90. The smallest absolute Gasteiger partial charge is 0.255 e. The molecule has 0 atom stereocenters. The van der Waals surface area contributed by atoms with E-state index in [1.54, 1.807) is 16.8 Å². The Bertz CT molecular complexity index is 617. The summed E-state index contributed by atoms with van der Waals surface area (Å²) in [5, 5.41) is 0. The van der Waals surface area contributed by atoms with Crippen LogP contribution in [0.4, 0.5) is 0 Å². The maximum Gasteiger partial charge on any atom is 0.255 e. The van der Waals surface area contributed by atoms with Gasteiger partial charge in [-0.2, -0.15) is 0 Å². The Morgan fingerprint density at radius 1 is 1.28 bits per heavy atom. The van der Waals surface area contributed by atoms with Crippen LogP contribution in [-0.4, -0.2) is 9.55 Å². The van der Waals surface area contributed by atoms with Crippen molar-refractivity contribution in [2.24, 2.45) is 5.73 Å². The molecule has 0 bridgehead atoms. The molecule has 0 unspecified atom stereocenters. The van der Waals surface area contributed by atoms with Gasteiger partial charge in [-0.1, -0.05) is 12.1 Å². The predicted octanol–water partition coefficient (Wildman–Crippen LogP) is 1.37. The lowest BCUT2D eigenvalue weighted by atomic mass is 10.2. The normalized spacial score (nSPS) is 10.6. The average Bonchev–Trinajstić information content (AvgIpc) is 2.37. The molecule has 2 aromatic heterocycles. The van der Waals surface area contributed by atoms with E-state index in [-0.39, 0.29) is 12.1 Å². The summed E-state index contributed by atoms with van der Waals surface area (Å²) in [5.74, 6) is 0. The Morgan fingerprint density at radius 2 is 2.06 bits per heavy atom. The zero-order valence-electron chi connectivity index (χ0n) is 10.7. The van der Waals surface area contributed by atoms with Gasteiger partial charge in [-0.25, -0.2) is 0 Å². The lowest BCUT2D eigenvalue weighted by molar-refractivity contribution is 0.697.